The van der Waals surface area contributed by atoms with E-state index in [2.05, 4.69) is 20.2 Å². The molecule has 0 bridgehead atoms. The molecule has 20 heavy (non-hydrogen) atoms. The van der Waals surface area contributed by atoms with E-state index in [-0.39, 0.29) is 0 Å². The Hall–Kier alpha value is -1.69. The molecule has 110 valence electrons. The maximum atomic E-state index is 9.00. The molecule has 1 aromatic heterocycles. The zero-order valence-corrected chi connectivity index (χ0v) is 12.3. The molecule has 0 aromatic carbocycles. The number of hydrogen-bond acceptors (Lipinski definition) is 5. The van der Waals surface area contributed by atoms with Crippen molar-refractivity contribution >= 4 is 11.9 Å². The number of carboxylic acid groups (broad SMARTS) is 1. The average molecular weight is 278 g/mol. The maximum Gasteiger partial charge on any atom is 0.300 e. The van der Waals surface area contributed by atoms with Crippen LogP contribution in [0.3, 0.4) is 0 Å². The summed E-state index contributed by atoms with van der Waals surface area (Å²) < 4.78 is 0. The lowest BCUT2D eigenvalue weighted by atomic mass is 10.0. The van der Waals surface area contributed by atoms with Gasteiger partial charge in [-0.2, -0.15) is 0 Å². The van der Waals surface area contributed by atoms with Crippen molar-refractivity contribution in [2.24, 2.45) is 11.8 Å². The van der Waals surface area contributed by atoms with Crippen LogP contribution in [-0.4, -0.2) is 47.2 Å². The van der Waals surface area contributed by atoms with Crippen LogP contribution in [0.2, 0.25) is 0 Å². The van der Waals surface area contributed by atoms with Crippen LogP contribution in [0.25, 0.3) is 0 Å². The van der Waals surface area contributed by atoms with Crippen molar-refractivity contribution in [3.8, 4) is 0 Å². The first kappa shape index (κ1) is 14.7. The molecule has 0 amide bonds. The predicted octanol–water partition coefficient (Wildman–Crippen LogP) is 0.840. The van der Waals surface area contributed by atoms with E-state index in [0.717, 1.165) is 62.3 Å². The summed E-state index contributed by atoms with van der Waals surface area (Å²) in [6.45, 7) is 9.70. The molecule has 2 aliphatic heterocycles. The van der Waals surface area contributed by atoms with Crippen molar-refractivity contribution < 1.29 is 9.90 Å². The summed E-state index contributed by atoms with van der Waals surface area (Å²) in [7, 11) is 0. The van der Waals surface area contributed by atoms with E-state index >= 15 is 0 Å². The van der Waals surface area contributed by atoms with E-state index in [4.69, 9.17) is 9.90 Å². The van der Waals surface area contributed by atoms with Gasteiger partial charge in [0.2, 0.25) is 5.95 Å². The van der Waals surface area contributed by atoms with Crippen LogP contribution in [0, 0.1) is 25.7 Å². The first-order valence-corrected chi connectivity index (χ1v) is 6.93. The van der Waals surface area contributed by atoms with Crippen LogP contribution in [0.1, 0.15) is 18.3 Å². The van der Waals surface area contributed by atoms with Gasteiger partial charge in [0, 0.05) is 44.5 Å². The molecule has 6 heteroatoms. The van der Waals surface area contributed by atoms with Crippen LogP contribution in [0.4, 0.5) is 5.95 Å². The number of aliphatic carboxylic acids is 1. The quantitative estimate of drug-likeness (QED) is 0.792. The average Bonchev–Trinajstić information content (AvgIpc) is 2.85. The fraction of sp³-hybridized carbons (Fsp3) is 0.643. The molecule has 3 rings (SSSR count). The van der Waals surface area contributed by atoms with Crippen molar-refractivity contribution in [3.63, 3.8) is 0 Å². The van der Waals surface area contributed by atoms with Crippen LogP contribution in [-0.2, 0) is 4.79 Å². The number of fused-ring (bicyclic) bond motifs is 1. The number of carbonyl (C=O) groups is 1. The van der Waals surface area contributed by atoms with Crippen molar-refractivity contribution in [3.05, 3.63) is 17.5 Å². The van der Waals surface area contributed by atoms with Gasteiger partial charge in [0.05, 0.1) is 0 Å². The highest BCUT2D eigenvalue weighted by molar-refractivity contribution is 5.62. The Kier molecular flexibility index (Phi) is 4.54. The van der Waals surface area contributed by atoms with Gasteiger partial charge in [-0.25, -0.2) is 9.97 Å². The summed E-state index contributed by atoms with van der Waals surface area (Å²) >= 11 is 0. The van der Waals surface area contributed by atoms with Crippen LogP contribution in [0.5, 0.6) is 0 Å². The van der Waals surface area contributed by atoms with E-state index < -0.39 is 5.97 Å². The number of anilines is 1. The van der Waals surface area contributed by atoms with Gasteiger partial charge in [0.15, 0.2) is 0 Å². The second-order valence-electron chi connectivity index (χ2n) is 5.55. The highest BCUT2D eigenvalue weighted by atomic mass is 16.4. The van der Waals surface area contributed by atoms with Crippen molar-refractivity contribution in [2.45, 2.75) is 20.8 Å². The van der Waals surface area contributed by atoms with Gasteiger partial charge in [-0.1, -0.05) is 0 Å². The molecule has 2 unspecified atom stereocenters. The summed E-state index contributed by atoms with van der Waals surface area (Å²) in [5.74, 6) is 1.68. The third-order valence-electron chi connectivity index (χ3n) is 3.64. The molecule has 2 atom stereocenters. The lowest BCUT2D eigenvalue weighted by Crippen LogP contribution is -2.27. The van der Waals surface area contributed by atoms with E-state index in [1.165, 1.54) is 0 Å². The van der Waals surface area contributed by atoms with Gasteiger partial charge in [-0.3, -0.25) is 4.79 Å². The van der Waals surface area contributed by atoms with Gasteiger partial charge in [0.25, 0.3) is 5.97 Å². The molecule has 2 fully saturated rings. The molecule has 1 aromatic rings. The molecule has 6 nitrogen and oxygen atoms in total. The molecule has 0 saturated carbocycles. The summed E-state index contributed by atoms with van der Waals surface area (Å²) in [6, 6.07) is 2.03. The largest absolute Gasteiger partial charge is 0.481 e. The highest BCUT2D eigenvalue weighted by Crippen LogP contribution is 2.28. The number of carboxylic acids is 1. The second-order valence-corrected chi connectivity index (χ2v) is 5.55. The standard InChI is InChI=1S/C12H18N4.C2H4O2/c1-8-3-9(2)15-12(14-8)16-6-10-4-13-5-11(10)7-16;1-2(3)4/h3,10-11,13H,4-7H2,1-2H3;1H3,(H,3,4). The Morgan fingerprint density at radius 3 is 2.15 bits per heavy atom. The first-order valence-electron chi connectivity index (χ1n) is 6.93. The summed E-state index contributed by atoms with van der Waals surface area (Å²) in [5.41, 5.74) is 2.13. The minimum atomic E-state index is -0.833. The monoisotopic (exact) mass is 278 g/mol. The van der Waals surface area contributed by atoms with Crippen LogP contribution in [0.15, 0.2) is 6.07 Å². The molecule has 3 heterocycles. The third kappa shape index (κ3) is 3.66. The minimum Gasteiger partial charge on any atom is -0.481 e. The maximum absolute atomic E-state index is 9.00. The second kappa shape index (κ2) is 6.17. The van der Waals surface area contributed by atoms with E-state index in [1.807, 2.05) is 19.9 Å². The normalized spacial score (nSPS) is 24.1. The van der Waals surface area contributed by atoms with Gasteiger partial charge in [0.1, 0.15) is 0 Å². The smallest absolute Gasteiger partial charge is 0.300 e. The Balaban J connectivity index is 0.000000328. The zero-order valence-electron chi connectivity index (χ0n) is 12.3. The Morgan fingerprint density at radius 2 is 1.70 bits per heavy atom. The van der Waals surface area contributed by atoms with Crippen molar-refractivity contribution in [2.75, 3.05) is 31.1 Å². The number of nitrogens with one attached hydrogen (secondary N) is 1. The summed E-state index contributed by atoms with van der Waals surface area (Å²) in [4.78, 5) is 20.4. The van der Waals surface area contributed by atoms with E-state index in [1.54, 1.807) is 0 Å². The molecule has 2 N–H and O–H groups in total. The number of aromatic nitrogens is 2. The Labute approximate surface area is 119 Å². The lowest BCUT2D eigenvalue weighted by Gasteiger charge is -2.18. The molecule has 2 saturated heterocycles. The van der Waals surface area contributed by atoms with Gasteiger partial charge < -0.3 is 15.3 Å². The fourth-order valence-electron chi connectivity index (χ4n) is 2.87. The Morgan fingerprint density at radius 1 is 1.25 bits per heavy atom. The molecular formula is C14H22N4O2. The molecule has 0 aliphatic carbocycles. The van der Waals surface area contributed by atoms with Crippen LogP contribution < -0.4 is 10.2 Å². The van der Waals surface area contributed by atoms with Gasteiger partial charge in [-0.15, -0.1) is 0 Å². The fourth-order valence-corrected chi connectivity index (χ4v) is 2.87. The third-order valence-corrected chi connectivity index (χ3v) is 3.64. The summed E-state index contributed by atoms with van der Waals surface area (Å²) in [5, 5.41) is 10.9. The predicted molar refractivity (Wildman–Crippen MR) is 76.9 cm³/mol. The van der Waals surface area contributed by atoms with Crippen molar-refractivity contribution in [1.29, 1.82) is 0 Å². The number of aryl methyl sites for hydroxylation is 2. The van der Waals surface area contributed by atoms with Gasteiger partial charge >= 0.3 is 0 Å². The number of nitrogens with zero attached hydrogens (tertiary/aromatic N) is 3. The highest BCUT2D eigenvalue weighted by Gasteiger charge is 2.37. The SMILES string of the molecule is CC(=O)O.Cc1cc(C)nc(N2CC3CNCC3C2)n1. The van der Waals surface area contributed by atoms with Crippen LogP contribution >= 0.6 is 0 Å². The van der Waals surface area contributed by atoms with Crippen molar-refractivity contribution in [1.82, 2.24) is 15.3 Å². The first-order chi connectivity index (χ1) is 9.45. The number of rotatable bonds is 1. The molecular weight excluding hydrogens is 256 g/mol. The minimum absolute atomic E-state index is 0.796. The number of hydrogen-bond donors (Lipinski definition) is 2. The lowest BCUT2D eigenvalue weighted by molar-refractivity contribution is -0.134. The molecule has 0 radical (unpaired) electrons. The topological polar surface area (TPSA) is 78.3 Å². The van der Waals surface area contributed by atoms with E-state index in [0.29, 0.717) is 0 Å². The molecule has 2 aliphatic rings. The Bertz CT molecular complexity index is 456. The van der Waals surface area contributed by atoms with E-state index in [9.17, 15) is 0 Å². The zero-order chi connectivity index (χ0) is 14.7. The summed E-state index contributed by atoms with van der Waals surface area (Å²) in [6.07, 6.45) is 0. The molecule has 0 spiro atoms. The van der Waals surface area contributed by atoms with Gasteiger partial charge in [-0.05, 0) is 31.7 Å².